The van der Waals surface area contributed by atoms with Crippen LogP contribution in [0.1, 0.15) is 16.8 Å². The predicted octanol–water partition coefficient (Wildman–Crippen LogP) is 1.80. The van der Waals surface area contributed by atoms with E-state index in [9.17, 15) is 0 Å². The van der Waals surface area contributed by atoms with Crippen LogP contribution in [0.4, 0.5) is 5.95 Å². The minimum absolute atomic E-state index is 0.819. The first-order valence-electron chi connectivity index (χ1n) is 9.88. The second-order valence-corrected chi connectivity index (χ2v) is 7.57. The van der Waals surface area contributed by atoms with Crippen molar-refractivity contribution in [1.29, 1.82) is 0 Å². The molecule has 1 fully saturated rings. The van der Waals surface area contributed by atoms with E-state index in [0.717, 1.165) is 75.2 Å². The highest BCUT2D eigenvalue weighted by molar-refractivity contribution is 5.40. The molecule has 1 aromatic carbocycles. The van der Waals surface area contributed by atoms with Crippen LogP contribution < -0.4 is 14.4 Å². The Bertz CT molecular complexity index is 820. The fourth-order valence-corrected chi connectivity index (χ4v) is 3.90. The van der Waals surface area contributed by atoms with Gasteiger partial charge in [-0.1, -0.05) is 0 Å². The number of hydrogen-bond acceptors (Lipinski definition) is 7. The van der Waals surface area contributed by atoms with Crippen molar-refractivity contribution in [2.24, 2.45) is 0 Å². The summed E-state index contributed by atoms with van der Waals surface area (Å²) >= 11 is 0. The van der Waals surface area contributed by atoms with Crippen LogP contribution in [-0.4, -0.2) is 73.8 Å². The number of anilines is 1. The highest BCUT2D eigenvalue weighted by Crippen LogP contribution is 2.27. The number of hydrogen-bond donors (Lipinski definition) is 0. The lowest BCUT2D eigenvalue weighted by molar-refractivity contribution is 0.238. The zero-order valence-corrected chi connectivity index (χ0v) is 17.0. The first-order chi connectivity index (χ1) is 13.7. The van der Waals surface area contributed by atoms with Crippen LogP contribution >= 0.6 is 0 Å². The van der Waals surface area contributed by atoms with Crippen molar-refractivity contribution in [3.63, 3.8) is 0 Å². The molecule has 150 valence electrons. The SMILES string of the molecule is COc1ccc(OC)c(CN2CCc3nc(N4CCN(C)CC4)ncc3C2)c1. The van der Waals surface area contributed by atoms with Crippen LogP contribution in [0.25, 0.3) is 0 Å². The van der Waals surface area contributed by atoms with Crippen molar-refractivity contribution in [3.05, 3.63) is 41.2 Å². The smallest absolute Gasteiger partial charge is 0.225 e. The molecule has 2 aliphatic heterocycles. The molecule has 0 saturated carbocycles. The van der Waals surface area contributed by atoms with Crippen molar-refractivity contribution in [1.82, 2.24) is 19.8 Å². The average molecular weight is 383 g/mol. The molecule has 3 heterocycles. The molecule has 0 N–H and O–H groups in total. The molecule has 4 rings (SSSR count). The Hall–Kier alpha value is -2.38. The Morgan fingerprint density at radius 2 is 1.86 bits per heavy atom. The van der Waals surface area contributed by atoms with Crippen LogP contribution in [0, 0.1) is 0 Å². The van der Waals surface area contributed by atoms with Gasteiger partial charge in [0.2, 0.25) is 5.95 Å². The molecule has 0 spiro atoms. The number of benzene rings is 1. The topological polar surface area (TPSA) is 54.0 Å². The molecular formula is C21H29N5O2. The van der Waals surface area contributed by atoms with Crippen LogP contribution in [-0.2, 0) is 19.5 Å². The summed E-state index contributed by atoms with van der Waals surface area (Å²) in [6.45, 7) is 6.78. The lowest BCUT2D eigenvalue weighted by Gasteiger charge is -2.33. The van der Waals surface area contributed by atoms with Gasteiger partial charge in [0.15, 0.2) is 0 Å². The number of piperazine rings is 1. The molecule has 2 aliphatic rings. The van der Waals surface area contributed by atoms with E-state index >= 15 is 0 Å². The first kappa shape index (κ1) is 19.0. The molecular weight excluding hydrogens is 354 g/mol. The minimum atomic E-state index is 0.819. The van der Waals surface area contributed by atoms with E-state index < -0.39 is 0 Å². The standard InChI is InChI=1S/C21H29N5O2/c1-24-8-10-26(11-9-24)21-22-13-17-15-25(7-6-19(17)23-21)14-16-12-18(27-2)4-5-20(16)28-3/h4-5,12-13H,6-11,14-15H2,1-3H3. The number of nitrogens with zero attached hydrogens (tertiary/aromatic N) is 5. The van der Waals surface area contributed by atoms with Gasteiger partial charge >= 0.3 is 0 Å². The van der Waals surface area contributed by atoms with Crippen LogP contribution in [0.3, 0.4) is 0 Å². The Labute approximate surface area is 166 Å². The maximum atomic E-state index is 5.53. The first-order valence-corrected chi connectivity index (χ1v) is 9.88. The number of likely N-dealkylation sites (N-methyl/N-ethyl adjacent to an activating group) is 1. The second-order valence-electron chi connectivity index (χ2n) is 7.57. The fraction of sp³-hybridized carbons (Fsp3) is 0.524. The van der Waals surface area contributed by atoms with E-state index in [4.69, 9.17) is 14.5 Å². The van der Waals surface area contributed by atoms with E-state index in [1.165, 1.54) is 11.3 Å². The third-order valence-corrected chi connectivity index (χ3v) is 5.67. The monoisotopic (exact) mass is 383 g/mol. The van der Waals surface area contributed by atoms with Gasteiger partial charge in [-0.15, -0.1) is 0 Å². The van der Waals surface area contributed by atoms with E-state index in [0.29, 0.717) is 0 Å². The Morgan fingerprint density at radius 1 is 1.04 bits per heavy atom. The third kappa shape index (κ3) is 4.05. The fourth-order valence-electron chi connectivity index (χ4n) is 3.90. The normalized spacial score (nSPS) is 18.0. The zero-order chi connectivity index (χ0) is 19.5. The summed E-state index contributed by atoms with van der Waals surface area (Å²) in [6, 6.07) is 5.96. The van der Waals surface area contributed by atoms with Crippen LogP contribution in [0.15, 0.2) is 24.4 Å². The summed E-state index contributed by atoms with van der Waals surface area (Å²) < 4.78 is 10.9. The molecule has 0 amide bonds. The zero-order valence-electron chi connectivity index (χ0n) is 17.0. The quantitative estimate of drug-likeness (QED) is 0.780. The number of fused-ring (bicyclic) bond motifs is 1. The van der Waals surface area contributed by atoms with Crippen LogP contribution in [0.2, 0.25) is 0 Å². The van der Waals surface area contributed by atoms with Crippen molar-refractivity contribution in [2.75, 3.05) is 58.9 Å². The molecule has 1 saturated heterocycles. The van der Waals surface area contributed by atoms with Gasteiger partial charge in [-0.25, -0.2) is 9.97 Å². The molecule has 0 bridgehead atoms. The highest BCUT2D eigenvalue weighted by atomic mass is 16.5. The van der Waals surface area contributed by atoms with Gasteiger partial charge in [-0.05, 0) is 25.2 Å². The summed E-state index contributed by atoms with van der Waals surface area (Å²) in [6.07, 6.45) is 2.97. The van der Waals surface area contributed by atoms with Gasteiger partial charge in [0.1, 0.15) is 11.5 Å². The van der Waals surface area contributed by atoms with Crippen molar-refractivity contribution in [2.45, 2.75) is 19.5 Å². The third-order valence-electron chi connectivity index (χ3n) is 5.67. The largest absolute Gasteiger partial charge is 0.497 e. The maximum Gasteiger partial charge on any atom is 0.225 e. The summed E-state index contributed by atoms with van der Waals surface area (Å²) in [5.74, 6) is 2.64. The van der Waals surface area contributed by atoms with Crippen LogP contribution in [0.5, 0.6) is 11.5 Å². The van der Waals surface area contributed by atoms with Gasteiger partial charge in [0.25, 0.3) is 0 Å². The van der Waals surface area contributed by atoms with Gasteiger partial charge in [-0.3, -0.25) is 4.90 Å². The Balaban J connectivity index is 1.45. The van der Waals surface area contributed by atoms with E-state index in [2.05, 4.69) is 32.8 Å². The molecule has 0 atom stereocenters. The molecule has 1 aromatic heterocycles. The van der Waals surface area contributed by atoms with Crippen molar-refractivity contribution in [3.8, 4) is 11.5 Å². The van der Waals surface area contributed by atoms with Crippen molar-refractivity contribution >= 4 is 5.95 Å². The van der Waals surface area contributed by atoms with Crippen molar-refractivity contribution < 1.29 is 9.47 Å². The second kappa shape index (κ2) is 8.32. The molecule has 2 aromatic rings. The van der Waals surface area contributed by atoms with E-state index in [-0.39, 0.29) is 0 Å². The summed E-state index contributed by atoms with van der Waals surface area (Å²) in [7, 11) is 5.57. The summed E-state index contributed by atoms with van der Waals surface area (Å²) in [4.78, 5) is 16.6. The summed E-state index contributed by atoms with van der Waals surface area (Å²) in [5, 5.41) is 0. The lowest BCUT2D eigenvalue weighted by atomic mass is 10.1. The molecule has 7 nitrogen and oxygen atoms in total. The predicted molar refractivity (Wildman–Crippen MR) is 109 cm³/mol. The molecule has 28 heavy (non-hydrogen) atoms. The van der Waals surface area contributed by atoms with E-state index in [1.807, 2.05) is 18.3 Å². The molecule has 0 unspecified atom stereocenters. The minimum Gasteiger partial charge on any atom is -0.497 e. The Kier molecular flexibility index (Phi) is 5.64. The number of rotatable bonds is 5. The molecule has 0 radical (unpaired) electrons. The number of ether oxygens (including phenoxy) is 2. The number of methoxy groups -OCH3 is 2. The molecule has 0 aliphatic carbocycles. The summed E-state index contributed by atoms with van der Waals surface area (Å²) in [5.41, 5.74) is 3.56. The van der Waals surface area contributed by atoms with Gasteiger partial charge in [-0.2, -0.15) is 0 Å². The van der Waals surface area contributed by atoms with Gasteiger partial charge in [0.05, 0.1) is 19.9 Å². The number of aromatic nitrogens is 2. The van der Waals surface area contributed by atoms with E-state index in [1.54, 1.807) is 14.2 Å². The highest BCUT2D eigenvalue weighted by Gasteiger charge is 2.22. The van der Waals surface area contributed by atoms with Gasteiger partial charge < -0.3 is 19.3 Å². The van der Waals surface area contributed by atoms with Gasteiger partial charge in [0, 0.05) is 69.6 Å². The lowest BCUT2D eigenvalue weighted by Crippen LogP contribution is -2.45. The molecule has 7 heteroatoms. The average Bonchev–Trinajstić information content (AvgIpc) is 2.74. The Morgan fingerprint density at radius 3 is 2.61 bits per heavy atom. The maximum absolute atomic E-state index is 5.53.